The number of carbonyl (C=O) groups excluding carboxylic acids is 1. The summed E-state index contributed by atoms with van der Waals surface area (Å²) in [5.41, 5.74) is -0.297. The average Bonchev–Trinajstić information content (AvgIpc) is 2.56. The Bertz CT molecular complexity index is 836. The fourth-order valence-electron chi connectivity index (χ4n) is 1.81. The zero-order valence-corrected chi connectivity index (χ0v) is 14.3. The number of carbonyl (C=O) groups is 1. The summed E-state index contributed by atoms with van der Waals surface area (Å²) in [4.78, 5) is 15.9. The Balaban J connectivity index is 2.10. The Morgan fingerprint density at radius 1 is 1.40 bits per heavy atom. The number of nitriles is 1. The highest BCUT2D eigenvalue weighted by molar-refractivity contribution is 8.00. The standard InChI is InChI=1S/C16H11ClF3N3OS/c1-9(14(24)23-13-5-3-2-4-10(13)7-21)25-15-12(17)6-11(8-22-15)16(18,19)20/h2-6,8-9H,1H3,(H,23,24). The van der Waals surface area contributed by atoms with Crippen LogP contribution in [0, 0.1) is 11.3 Å². The monoisotopic (exact) mass is 385 g/mol. The van der Waals surface area contributed by atoms with E-state index in [-0.39, 0.29) is 10.0 Å². The van der Waals surface area contributed by atoms with Crippen molar-refractivity contribution in [3.8, 4) is 6.07 Å². The Kier molecular flexibility index (Phi) is 5.93. The molecular formula is C16H11ClF3N3OS. The third-order valence-corrected chi connectivity index (χ3v) is 4.61. The summed E-state index contributed by atoms with van der Waals surface area (Å²) < 4.78 is 37.8. The topological polar surface area (TPSA) is 65.8 Å². The molecule has 0 saturated carbocycles. The molecule has 2 rings (SSSR count). The van der Waals surface area contributed by atoms with Crippen molar-refractivity contribution < 1.29 is 18.0 Å². The summed E-state index contributed by atoms with van der Waals surface area (Å²) in [6, 6.07) is 9.20. The predicted molar refractivity (Wildman–Crippen MR) is 89.4 cm³/mol. The van der Waals surface area contributed by atoms with Crippen molar-refractivity contribution in [2.45, 2.75) is 23.4 Å². The van der Waals surface area contributed by atoms with Gasteiger partial charge in [-0.1, -0.05) is 35.5 Å². The van der Waals surface area contributed by atoms with Gasteiger partial charge in [0.2, 0.25) is 5.91 Å². The van der Waals surface area contributed by atoms with Crippen LogP contribution in [0.4, 0.5) is 18.9 Å². The normalized spacial score (nSPS) is 12.3. The van der Waals surface area contributed by atoms with E-state index in [1.807, 2.05) is 6.07 Å². The van der Waals surface area contributed by atoms with Gasteiger partial charge in [0.15, 0.2) is 0 Å². The van der Waals surface area contributed by atoms with Crippen molar-refractivity contribution in [1.29, 1.82) is 5.26 Å². The van der Waals surface area contributed by atoms with E-state index in [0.717, 1.165) is 17.8 Å². The first-order valence-electron chi connectivity index (χ1n) is 6.91. The summed E-state index contributed by atoms with van der Waals surface area (Å²) in [6.07, 6.45) is -3.87. The molecule has 0 aliphatic rings. The van der Waals surface area contributed by atoms with Crippen molar-refractivity contribution in [1.82, 2.24) is 4.98 Å². The summed E-state index contributed by atoms with van der Waals surface area (Å²) in [5, 5.41) is 10.9. The first-order valence-corrected chi connectivity index (χ1v) is 8.17. The molecule has 1 aromatic carbocycles. The van der Waals surface area contributed by atoms with Crippen LogP contribution in [0.25, 0.3) is 0 Å². The Labute approximate surface area is 151 Å². The van der Waals surface area contributed by atoms with Crippen LogP contribution >= 0.6 is 23.4 Å². The second-order valence-corrected chi connectivity index (χ2v) is 6.65. The molecule has 1 aromatic heterocycles. The number of nitrogens with zero attached hydrogens (tertiary/aromatic N) is 2. The van der Waals surface area contributed by atoms with Gasteiger partial charge in [-0.3, -0.25) is 4.79 Å². The predicted octanol–water partition coefficient (Wildman–Crippen LogP) is 4.74. The van der Waals surface area contributed by atoms with E-state index in [0.29, 0.717) is 17.4 Å². The smallest absolute Gasteiger partial charge is 0.324 e. The summed E-state index contributed by atoms with van der Waals surface area (Å²) in [6.45, 7) is 1.56. The Hall–Kier alpha value is -2.24. The van der Waals surface area contributed by atoms with Crippen LogP contribution in [-0.2, 0) is 11.0 Å². The van der Waals surface area contributed by atoms with Crippen molar-refractivity contribution in [2.24, 2.45) is 0 Å². The SMILES string of the molecule is CC(Sc1ncc(C(F)(F)F)cc1Cl)C(=O)Nc1ccccc1C#N. The van der Waals surface area contributed by atoms with Crippen LogP contribution in [-0.4, -0.2) is 16.1 Å². The van der Waals surface area contributed by atoms with Crippen molar-refractivity contribution in [3.63, 3.8) is 0 Å². The molecule has 0 fully saturated rings. The van der Waals surface area contributed by atoms with Crippen molar-refractivity contribution in [3.05, 3.63) is 52.7 Å². The molecule has 2 aromatic rings. The van der Waals surface area contributed by atoms with E-state index in [4.69, 9.17) is 16.9 Å². The molecule has 0 spiro atoms. The van der Waals surface area contributed by atoms with Gasteiger partial charge in [0.05, 0.1) is 27.1 Å². The zero-order valence-electron chi connectivity index (χ0n) is 12.8. The maximum absolute atomic E-state index is 12.6. The van der Waals surface area contributed by atoms with Crippen LogP contribution in [0.2, 0.25) is 5.02 Å². The lowest BCUT2D eigenvalue weighted by atomic mass is 10.2. The van der Waals surface area contributed by atoms with Gasteiger partial charge < -0.3 is 5.32 Å². The lowest BCUT2D eigenvalue weighted by Crippen LogP contribution is -2.23. The van der Waals surface area contributed by atoms with Crippen LogP contribution in [0.5, 0.6) is 0 Å². The first kappa shape index (κ1) is 19.1. The third kappa shape index (κ3) is 4.87. The number of para-hydroxylation sites is 1. The highest BCUT2D eigenvalue weighted by Crippen LogP contribution is 2.35. The molecule has 0 aliphatic heterocycles. The zero-order chi connectivity index (χ0) is 18.6. The average molecular weight is 386 g/mol. The number of nitrogens with one attached hydrogen (secondary N) is 1. The molecule has 0 bridgehead atoms. The Morgan fingerprint density at radius 2 is 2.08 bits per heavy atom. The maximum atomic E-state index is 12.6. The lowest BCUT2D eigenvalue weighted by Gasteiger charge is -2.14. The molecule has 1 N–H and O–H groups in total. The highest BCUT2D eigenvalue weighted by Gasteiger charge is 2.32. The molecular weight excluding hydrogens is 375 g/mol. The molecule has 1 heterocycles. The van der Waals surface area contributed by atoms with Gasteiger partial charge in [-0.05, 0) is 25.1 Å². The number of anilines is 1. The molecule has 0 aliphatic carbocycles. The molecule has 0 saturated heterocycles. The van der Waals surface area contributed by atoms with E-state index < -0.39 is 22.9 Å². The molecule has 25 heavy (non-hydrogen) atoms. The largest absolute Gasteiger partial charge is 0.417 e. The minimum atomic E-state index is -4.54. The first-order chi connectivity index (χ1) is 11.7. The van der Waals surface area contributed by atoms with Gasteiger partial charge in [0, 0.05) is 6.20 Å². The molecule has 1 unspecified atom stereocenters. The van der Waals surface area contributed by atoms with E-state index in [1.165, 1.54) is 0 Å². The number of aromatic nitrogens is 1. The molecule has 4 nitrogen and oxygen atoms in total. The van der Waals surface area contributed by atoms with E-state index in [1.54, 1.807) is 31.2 Å². The van der Waals surface area contributed by atoms with Crippen LogP contribution in [0.15, 0.2) is 41.6 Å². The van der Waals surface area contributed by atoms with Gasteiger partial charge in [0.25, 0.3) is 0 Å². The number of rotatable bonds is 4. The maximum Gasteiger partial charge on any atom is 0.417 e. The number of alkyl halides is 3. The summed E-state index contributed by atoms with van der Waals surface area (Å²) >= 11 is 6.76. The van der Waals surface area contributed by atoms with Gasteiger partial charge in [0.1, 0.15) is 11.1 Å². The van der Waals surface area contributed by atoms with Crippen molar-refractivity contribution >= 4 is 35.0 Å². The van der Waals surface area contributed by atoms with Gasteiger partial charge in [-0.15, -0.1) is 0 Å². The van der Waals surface area contributed by atoms with Gasteiger partial charge in [-0.25, -0.2) is 4.98 Å². The summed E-state index contributed by atoms with van der Waals surface area (Å²) in [7, 11) is 0. The van der Waals surface area contributed by atoms with Crippen LogP contribution < -0.4 is 5.32 Å². The number of pyridine rings is 1. The van der Waals surface area contributed by atoms with E-state index >= 15 is 0 Å². The second kappa shape index (κ2) is 7.76. The lowest BCUT2D eigenvalue weighted by molar-refractivity contribution is -0.137. The van der Waals surface area contributed by atoms with Crippen molar-refractivity contribution in [2.75, 3.05) is 5.32 Å². The highest BCUT2D eigenvalue weighted by atomic mass is 35.5. The number of halogens is 4. The fourth-order valence-corrected chi connectivity index (χ4v) is 2.90. The molecule has 0 radical (unpaired) electrons. The minimum Gasteiger partial charge on any atom is -0.324 e. The second-order valence-electron chi connectivity index (χ2n) is 4.92. The summed E-state index contributed by atoms with van der Waals surface area (Å²) in [5.74, 6) is -0.425. The van der Waals surface area contributed by atoms with Crippen LogP contribution in [0.1, 0.15) is 18.1 Å². The number of thioether (sulfide) groups is 1. The van der Waals surface area contributed by atoms with E-state index in [9.17, 15) is 18.0 Å². The van der Waals surface area contributed by atoms with Gasteiger partial charge in [-0.2, -0.15) is 18.4 Å². The van der Waals surface area contributed by atoms with E-state index in [2.05, 4.69) is 10.3 Å². The number of amides is 1. The Morgan fingerprint density at radius 3 is 2.68 bits per heavy atom. The van der Waals surface area contributed by atoms with Crippen LogP contribution in [0.3, 0.4) is 0 Å². The molecule has 9 heteroatoms. The molecule has 130 valence electrons. The minimum absolute atomic E-state index is 0.117. The number of benzene rings is 1. The quantitative estimate of drug-likeness (QED) is 0.771. The van der Waals surface area contributed by atoms with Gasteiger partial charge >= 0.3 is 6.18 Å². The third-order valence-electron chi connectivity index (χ3n) is 3.10. The molecule has 1 atom stereocenters. The number of hydrogen-bond acceptors (Lipinski definition) is 4. The fraction of sp³-hybridized carbons (Fsp3) is 0.188. The molecule has 1 amide bonds. The number of hydrogen-bond donors (Lipinski definition) is 1.